The van der Waals surface area contributed by atoms with Gasteiger partial charge in [-0.15, -0.1) is 0 Å². The Morgan fingerprint density at radius 3 is 2.78 bits per heavy atom. The molecule has 3 rings (SSSR count). The Kier molecular flexibility index (Phi) is 4.07. The third kappa shape index (κ3) is 3.21. The largest absolute Gasteiger partial charge is 0.361 e. The molecule has 0 saturated carbocycles. The predicted octanol–water partition coefficient (Wildman–Crippen LogP) is 2.71. The molecule has 1 saturated heterocycles. The molecule has 2 amide bonds. The van der Waals surface area contributed by atoms with E-state index in [1.165, 1.54) is 0 Å². The first-order chi connectivity index (χ1) is 11.0. The lowest BCUT2D eigenvalue weighted by Crippen LogP contribution is -2.60. The first-order valence-electron chi connectivity index (χ1n) is 7.84. The summed E-state index contributed by atoms with van der Waals surface area (Å²) in [6.45, 7) is 7.52. The number of pyridine rings is 1. The number of hydrogen-bond donors (Lipinski definition) is 1. The zero-order valence-corrected chi connectivity index (χ0v) is 13.7. The van der Waals surface area contributed by atoms with Crippen LogP contribution in [0, 0.1) is 12.3 Å². The van der Waals surface area contributed by atoms with Crippen molar-refractivity contribution >= 4 is 6.03 Å². The van der Waals surface area contributed by atoms with Crippen molar-refractivity contribution in [3.63, 3.8) is 0 Å². The number of amides is 2. The Hall–Kier alpha value is -2.37. The summed E-state index contributed by atoms with van der Waals surface area (Å²) in [6.07, 6.45) is 4.18. The van der Waals surface area contributed by atoms with E-state index in [4.69, 9.17) is 4.52 Å². The molecule has 0 spiro atoms. The summed E-state index contributed by atoms with van der Waals surface area (Å²) < 4.78 is 5.15. The summed E-state index contributed by atoms with van der Waals surface area (Å²) >= 11 is 0. The van der Waals surface area contributed by atoms with Crippen LogP contribution >= 0.6 is 0 Å². The fourth-order valence-electron chi connectivity index (χ4n) is 3.22. The lowest BCUT2D eigenvalue weighted by atomic mass is 9.72. The van der Waals surface area contributed by atoms with Gasteiger partial charge in [0.15, 0.2) is 0 Å². The molecular formula is C17H22N4O2. The van der Waals surface area contributed by atoms with Crippen molar-refractivity contribution in [1.29, 1.82) is 0 Å². The second-order valence-electron chi connectivity index (χ2n) is 6.72. The van der Waals surface area contributed by atoms with E-state index in [1.54, 1.807) is 12.4 Å². The predicted molar refractivity (Wildman–Crippen MR) is 85.8 cm³/mol. The quantitative estimate of drug-likeness (QED) is 0.942. The van der Waals surface area contributed by atoms with E-state index < -0.39 is 0 Å². The molecule has 1 atom stereocenters. The Labute approximate surface area is 135 Å². The number of urea groups is 1. The standard InChI is InChI=1S/C17H22N4O2/c1-12-10-14(23-20-12)6-9-19-16(22)21-11-17(2,3)15(21)13-4-7-18-8-5-13/h4-5,7-8,10,15H,6,9,11H2,1-3H3,(H,19,22)/t15-/m1/s1. The van der Waals surface area contributed by atoms with Gasteiger partial charge in [0.1, 0.15) is 5.76 Å². The van der Waals surface area contributed by atoms with Crippen molar-refractivity contribution in [2.75, 3.05) is 13.1 Å². The average Bonchev–Trinajstić information content (AvgIpc) is 2.91. The Morgan fingerprint density at radius 2 is 2.17 bits per heavy atom. The molecule has 0 radical (unpaired) electrons. The maximum absolute atomic E-state index is 12.4. The van der Waals surface area contributed by atoms with Crippen LogP contribution in [0.4, 0.5) is 4.79 Å². The van der Waals surface area contributed by atoms with E-state index in [-0.39, 0.29) is 17.5 Å². The first kappa shape index (κ1) is 15.5. The lowest BCUT2D eigenvalue weighted by Gasteiger charge is -2.54. The fraction of sp³-hybridized carbons (Fsp3) is 0.471. The van der Waals surface area contributed by atoms with Crippen LogP contribution in [0.25, 0.3) is 0 Å². The van der Waals surface area contributed by atoms with Gasteiger partial charge in [-0.2, -0.15) is 0 Å². The van der Waals surface area contributed by atoms with Crippen LogP contribution in [0.1, 0.15) is 36.9 Å². The van der Waals surface area contributed by atoms with Gasteiger partial charge in [-0.05, 0) is 24.6 Å². The molecule has 1 aliphatic rings. The van der Waals surface area contributed by atoms with Crippen molar-refractivity contribution in [1.82, 2.24) is 20.4 Å². The normalized spacial score (nSPS) is 19.3. The van der Waals surface area contributed by atoms with Crippen molar-refractivity contribution in [3.8, 4) is 0 Å². The SMILES string of the molecule is Cc1cc(CCNC(=O)N2CC(C)(C)[C@H]2c2ccncc2)on1. The molecule has 2 aromatic rings. The maximum atomic E-state index is 12.4. The number of carbonyl (C=O) groups is 1. The summed E-state index contributed by atoms with van der Waals surface area (Å²) in [6, 6.07) is 5.88. The van der Waals surface area contributed by atoms with Gasteiger partial charge < -0.3 is 14.7 Å². The second-order valence-corrected chi connectivity index (χ2v) is 6.72. The van der Waals surface area contributed by atoms with Gasteiger partial charge in [0.05, 0.1) is 11.7 Å². The smallest absolute Gasteiger partial charge is 0.317 e. The molecule has 0 unspecified atom stereocenters. The molecule has 23 heavy (non-hydrogen) atoms. The third-order valence-corrected chi connectivity index (χ3v) is 4.24. The van der Waals surface area contributed by atoms with Crippen LogP contribution in [0.5, 0.6) is 0 Å². The molecule has 6 nitrogen and oxygen atoms in total. The number of rotatable bonds is 4. The van der Waals surface area contributed by atoms with Gasteiger partial charge in [0.2, 0.25) is 0 Å². The van der Waals surface area contributed by atoms with Gasteiger partial charge >= 0.3 is 6.03 Å². The van der Waals surface area contributed by atoms with Crippen LogP contribution in [0.3, 0.4) is 0 Å². The number of likely N-dealkylation sites (tertiary alicyclic amines) is 1. The zero-order chi connectivity index (χ0) is 16.4. The van der Waals surface area contributed by atoms with Crippen molar-refractivity contribution in [2.24, 2.45) is 5.41 Å². The van der Waals surface area contributed by atoms with Crippen molar-refractivity contribution in [2.45, 2.75) is 33.2 Å². The Balaban J connectivity index is 1.59. The minimum absolute atomic E-state index is 0.0395. The molecule has 0 bridgehead atoms. The molecule has 0 aliphatic carbocycles. The summed E-state index contributed by atoms with van der Waals surface area (Å²) in [7, 11) is 0. The number of aromatic nitrogens is 2. The fourth-order valence-corrected chi connectivity index (χ4v) is 3.22. The van der Waals surface area contributed by atoms with Crippen LogP contribution in [-0.4, -0.2) is 34.2 Å². The minimum Gasteiger partial charge on any atom is -0.361 e. The lowest BCUT2D eigenvalue weighted by molar-refractivity contribution is -0.0164. The first-order valence-corrected chi connectivity index (χ1v) is 7.84. The van der Waals surface area contributed by atoms with Crippen LogP contribution in [0.2, 0.25) is 0 Å². The Bertz CT molecular complexity index is 681. The summed E-state index contributed by atoms with van der Waals surface area (Å²) in [5, 5.41) is 6.81. The summed E-state index contributed by atoms with van der Waals surface area (Å²) in [5.74, 6) is 0.789. The monoisotopic (exact) mass is 314 g/mol. The van der Waals surface area contributed by atoms with E-state index in [0.717, 1.165) is 23.6 Å². The van der Waals surface area contributed by atoms with Crippen molar-refractivity contribution < 1.29 is 9.32 Å². The molecule has 2 aromatic heterocycles. The summed E-state index contributed by atoms with van der Waals surface area (Å²) in [4.78, 5) is 18.4. The van der Waals surface area contributed by atoms with E-state index in [0.29, 0.717) is 13.0 Å². The van der Waals surface area contributed by atoms with Gasteiger partial charge in [-0.25, -0.2) is 4.79 Å². The number of nitrogens with one attached hydrogen (secondary N) is 1. The van der Waals surface area contributed by atoms with Gasteiger partial charge in [-0.3, -0.25) is 4.98 Å². The minimum atomic E-state index is -0.0395. The molecule has 3 heterocycles. The molecule has 122 valence electrons. The van der Waals surface area contributed by atoms with E-state index in [1.807, 2.05) is 30.0 Å². The maximum Gasteiger partial charge on any atom is 0.317 e. The van der Waals surface area contributed by atoms with Crippen LogP contribution in [-0.2, 0) is 6.42 Å². The molecule has 1 aliphatic heterocycles. The highest BCUT2D eigenvalue weighted by Crippen LogP contribution is 2.47. The third-order valence-electron chi connectivity index (χ3n) is 4.24. The molecule has 0 aromatic carbocycles. The molecule has 1 N–H and O–H groups in total. The number of carbonyl (C=O) groups excluding carboxylic acids is 1. The second kappa shape index (κ2) is 6.02. The zero-order valence-electron chi connectivity index (χ0n) is 13.7. The van der Waals surface area contributed by atoms with Gasteiger partial charge in [0.25, 0.3) is 0 Å². The van der Waals surface area contributed by atoms with Crippen molar-refractivity contribution in [3.05, 3.63) is 47.6 Å². The van der Waals surface area contributed by atoms with E-state index in [2.05, 4.69) is 29.3 Å². The number of aryl methyl sites for hydroxylation is 1. The van der Waals surface area contributed by atoms with Crippen LogP contribution < -0.4 is 5.32 Å². The average molecular weight is 314 g/mol. The number of hydrogen-bond acceptors (Lipinski definition) is 4. The summed E-state index contributed by atoms with van der Waals surface area (Å²) in [5.41, 5.74) is 2.05. The highest BCUT2D eigenvalue weighted by Gasteiger charge is 2.48. The number of nitrogens with zero attached hydrogens (tertiary/aromatic N) is 3. The molecular weight excluding hydrogens is 292 g/mol. The van der Waals surface area contributed by atoms with E-state index >= 15 is 0 Å². The van der Waals surface area contributed by atoms with E-state index in [9.17, 15) is 4.79 Å². The molecule has 1 fully saturated rings. The topological polar surface area (TPSA) is 71.3 Å². The highest BCUT2D eigenvalue weighted by atomic mass is 16.5. The van der Waals surface area contributed by atoms with Gasteiger partial charge in [-0.1, -0.05) is 19.0 Å². The highest BCUT2D eigenvalue weighted by molar-refractivity contribution is 5.76. The van der Waals surface area contributed by atoms with Crippen LogP contribution in [0.15, 0.2) is 35.1 Å². The van der Waals surface area contributed by atoms with Gasteiger partial charge in [0, 0.05) is 43.4 Å². The molecule has 6 heteroatoms. The Morgan fingerprint density at radius 1 is 1.43 bits per heavy atom.